The number of nitrogens with two attached hydrogens (primary N) is 1. The predicted molar refractivity (Wildman–Crippen MR) is 105 cm³/mol. The third-order valence-corrected chi connectivity index (χ3v) is 4.66. The van der Waals surface area contributed by atoms with Gasteiger partial charge in [-0.1, -0.05) is 32.0 Å². The summed E-state index contributed by atoms with van der Waals surface area (Å²) >= 11 is 0. The van der Waals surface area contributed by atoms with Crippen LogP contribution in [0.25, 0.3) is 0 Å². The van der Waals surface area contributed by atoms with Gasteiger partial charge in [-0.3, -0.25) is 4.99 Å². The second-order valence-electron chi connectivity index (χ2n) is 7.17. The number of nitrogens with one attached hydrogen (secondary N) is 1. The fourth-order valence-corrected chi connectivity index (χ4v) is 3.44. The summed E-state index contributed by atoms with van der Waals surface area (Å²) in [6.45, 7) is 6.14. The fraction of sp³-hybridized carbons (Fsp3) is 0.611. The van der Waals surface area contributed by atoms with Gasteiger partial charge in [0, 0.05) is 18.5 Å². The molecular formula is C18H28IN3O. The number of guanidine groups is 1. The Kier molecular flexibility index (Phi) is 6.17. The quantitative estimate of drug-likeness (QED) is 0.425. The maximum atomic E-state index is 6.13. The number of ether oxygens (including phenoxy) is 1. The minimum Gasteiger partial charge on any atom is -0.493 e. The number of nitrogens with zero attached hydrogens (tertiary/aromatic N) is 1. The van der Waals surface area contributed by atoms with Crippen LogP contribution in [0.3, 0.4) is 0 Å². The molecule has 2 aliphatic rings. The second-order valence-corrected chi connectivity index (χ2v) is 7.17. The molecule has 1 unspecified atom stereocenters. The van der Waals surface area contributed by atoms with Gasteiger partial charge in [-0.25, -0.2) is 0 Å². The first-order valence-electron chi connectivity index (χ1n) is 8.36. The number of fused-ring (bicyclic) bond motifs is 1. The van der Waals surface area contributed by atoms with Crippen LogP contribution in [0, 0.1) is 11.3 Å². The lowest BCUT2D eigenvalue weighted by Crippen LogP contribution is -2.37. The van der Waals surface area contributed by atoms with Crippen molar-refractivity contribution in [2.45, 2.75) is 45.6 Å². The lowest BCUT2D eigenvalue weighted by Gasteiger charge is -2.27. The van der Waals surface area contributed by atoms with E-state index in [0.29, 0.717) is 11.4 Å². The zero-order valence-corrected chi connectivity index (χ0v) is 16.4. The van der Waals surface area contributed by atoms with Crippen LogP contribution in [0.5, 0.6) is 5.75 Å². The molecule has 0 saturated heterocycles. The van der Waals surface area contributed by atoms with Gasteiger partial charge in [-0.2, -0.15) is 0 Å². The van der Waals surface area contributed by atoms with Gasteiger partial charge in [-0.15, -0.1) is 24.0 Å². The van der Waals surface area contributed by atoms with E-state index in [4.69, 9.17) is 10.5 Å². The molecule has 23 heavy (non-hydrogen) atoms. The Morgan fingerprint density at radius 3 is 2.83 bits per heavy atom. The van der Waals surface area contributed by atoms with E-state index in [1.807, 2.05) is 18.2 Å². The standard InChI is InChI=1S/C18H27N3O.HI/c1-13(2)11-18(8-9-18)12-20-17(19)21-15-7-10-22-16-6-4-3-5-14(15)16;/h3-6,13,15H,7-12H2,1-2H3,(H3,19,20,21);1H. The number of benzene rings is 1. The maximum Gasteiger partial charge on any atom is 0.189 e. The monoisotopic (exact) mass is 429 g/mol. The largest absolute Gasteiger partial charge is 0.493 e. The third kappa shape index (κ3) is 4.75. The summed E-state index contributed by atoms with van der Waals surface area (Å²) in [5, 5.41) is 3.38. The third-order valence-electron chi connectivity index (χ3n) is 4.66. The molecule has 1 fully saturated rings. The van der Waals surface area contributed by atoms with Gasteiger partial charge in [0.2, 0.25) is 0 Å². The summed E-state index contributed by atoms with van der Waals surface area (Å²) in [6.07, 6.45) is 4.76. The Morgan fingerprint density at radius 1 is 1.39 bits per heavy atom. The molecule has 0 spiro atoms. The van der Waals surface area contributed by atoms with Crippen molar-refractivity contribution >= 4 is 29.9 Å². The summed E-state index contributed by atoms with van der Waals surface area (Å²) in [6, 6.07) is 8.35. The predicted octanol–water partition coefficient (Wildman–Crippen LogP) is 3.86. The Bertz CT molecular complexity index is 555. The smallest absolute Gasteiger partial charge is 0.189 e. The first-order valence-corrected chi connectivity index (χ1v) is 8.36. The summed E-state index contributed by atoms with van der Waals surface area (Å²) in [5.41, 5.74) is 7.73. The number of hydrogen-bond donors (Lipinski definition) is 2. The summed E-state index contributed by atoms with van der Waals surface area (Å²) in [5.74, 6) is 2.25. The van der Waals surface area contributed by atoms with Crippen molar-refractivity contribution in [1.82, 2.24) is 5.32 Å². The molecule has 1 aromatic rings. The molecular weight excluding hydrogens is 401 g/mol. The van der Waals surface area contributed by atoms with E-state index in [9.17, 15) is 0 Å². The minimum atomic E-state index is 0. The van der Waals surface area contributed by atoms with Crippen LogP contribution in [-0.4, -0.2) is 19.1 Å². The molecule has 1 aliphatic carbocycles. The van der Waals surface area contributed by atoms with Crippen molar-refractivity contribution in [3.63, 3.8) is 0 Å². The van der Waals surface area contributed by atoms with Gasteiger partial charge in [-0.05, 0) is 36.7 Å². The van der Waals surface area contributed by atoms with Gasteiger partial charge >= 0.3 is 0 Å². The van der Waals surface area contributed by atoms with Gasteiger partial charge in [0.1, 0.15) is 5.75 Å². The number of para-hydroxylation sites is 1. The molecule has 128 valence electrons. The van der Waals surface area contributed by atoms with E-state index in [0.717, 1.165) is 31.2 Å². The van der Waals surface area contributed by atoms with Crippen molar-refractivity contribution in [3.8, 4) is 5.75 Å². The highest BCUT2D eigenvalue weighted by Crippen LogP contribution is 2.50. The molecule has 3 rings (SSSR count). The lowest BCUT2D eigenvalue weighted by atomic mass is 9.94. The molecule has 1 aliphatic heterocycles. The Labute approximate surface area is 156 Å². The van der Waals surface area contributed by atoms with E-state index in [1.165, 1.54) is 24.8 Å². The van der Waals surface area contributed by atoms with Crippen LogP contribution in [0.2, 0.25) is 0 Å². The highest BCUT2D eigenvalue weighted by molar-refractivity contribution is 14.0. The Morgan fingerprint density at radius 2 is 2.13 bits per heavy atom. The van der Waals surface area contributed by atoms with Crippen LogP contribution in [0.15, 0.2) is 29.3 Å². The van der Waals surface area contributed by atoms with Crippen molar-refractivity contribution < 1.29 is 4.74 Å². The summed E-state index contributed by atoms with van der Waals surface area (Å²) < 4.78 is 5.68. The van der Waals surface area contributed by atoms with Gasteiger partial charge in [0.15, 0.2) is 5.96 Å². The molecule has 3 N–H and O–H groups in total. The zero-order valence-electron chi connectivity index (χ0n) is 14.0. The molecule has 0 aromatic heterocycles. The van der Waals surface area contributed by atoms with Crippen molar-refractivity contribution in [3.05, 3.63) is 29.8 Å². The van der Waals surface area contributed by atoms with Crippen LogP contribution < -0.4 is 15.8 Å². The topological polar surface area (TPSA) is 59.6 Å². The van der Waals surface area contributed by atoms with E-state index >= 15 is 0 Å². The molecule has 5 heteroatoms. The molecule has 1 aromatic carbocycles. The summed E-state index contributed by atoms with van der Waals surface area (Å²) in [7, 11) is 0. The van der Waals surface area contributed by atoms with E-state index in [2.05, 4.69) is 30.2 Å². The van der Waals surface area contributed by atoms with Crippen LogP contribution in [0.1, 0.15) is 51.1 Å². The first-order chi connectivity index (χ1) is 10.6. The van der Waals surface area contributed by atoms with Crippen molar-refractivity contribution in [1.29, 1.82) is 0 Å². The fourth-order valence-electron chi connectivity index (χ4n) is 3.44. The zero-order chi connectivity index (χ0) is 15.6. The molecule has 4 nitrogen and oxygen atoms in total. The average Bonchev–Trinajstić information content (AvgIpc) is 3.25. The first kappa shape index (κ1) is 18.4. The molecule has 1 atom stereocenters. The number of halogens is 1. The van der Waals surface area contributed by atoms with Crippen LogP contribution in [-0.2, 0) is 0 Å². The Balaban J connectivity index is 0.00000192. The van der Waals surface area contributed by atoms with E-state index < -0.39 is 0 Å². The molecule has 0 amide bonds. The maximum absolute atomic E-state index is 6.13. The number of hydrogen-bond acceptors (Lipinski definition) is 2. The Hall–Kier alpha value is -0.980. The molecule has 1 saturated carbocycles. The van der Waals surface area contributed by atoms with Crippen LogP contribution in [0.4, 0.5) is 0 Å². The number of aliphatic imine (C=N–C) groups is 1. The average molecular weight is 429 g/mol. The number of rotatable bonds is 5. The molecule has 0 radical (unpaired) electrons. The van der Waals surface area contributed by atoms with Gasteiger partial charge in [0.05, 0.1) is 12.6 Å². The molecule has 0 bridgehead atoms. The van der Waals surface area contributed by atoms with Crippen molar-refractivity contribution in [2.24, 2.45) is 22.1 Å². The molecule has 1 heterocycles. The SMILES string of the molecule is CC(C)CC1(CN=C(N)NC2CCOc3ccccc32)CC1.I. The van der Waals surface area contributed by atoms with Crippen molar-refractivity contribution in [2.75, 3.05) is 13.2 Å². The van der Waals surface area contributed by atoms with Gasteiger partial charge < -0.3 is 15.8 Å². The highest BCUT2D eigenvalue weighted by Gasteiger charge is 2.42. The minimum absolute atomic E-state index is 0. The normalized spacial score (nSPS) is 21.9. The second kappa shape index (κ2) is 7.73. The van der Waals surface area contributed by atoms with Gasteiger partial charge in [0.25, 0.3) is 0 Å². The van der Waals surface area contributed by atoms with Crippen LogP contribution >= 0.6 is 24.0 Å². The van der Waals surface area contributed by atoms with E-state index in [-0.39, 0.29) is 30.0 Å². The summed E-state index contributed by atoms with van der Waals surface area (Å²) in [4.78, 5) is 4.62. The lowest BCUT2D eigenvalue weighted by molar-refractivity contribution is 0.262. The highest BCUT2D eigenvalue weighted by atomic mass is 127. The van der Waals surface area contributed by atoms with E-state index in [1.54, 1.807) is 0 Å².